The summed E-state index contributed by atoms with van der Waals surface area (Å²) in [7, 11) is 1.48. The Kier molecular flexibility index (Phi) is 7.83. The maximum Gasteiger partial charge on any atom is 0.401 e. The fourth-order valence-corrected chi connectivity index (χ4v) is 5.13. The molecule has 7 nitrogen and oxygen atoms in total. The summed E-state index contributed by atoms with van der Waals surface area (Å²) in [5.74, 6) is -0.213. The fraction of sp³-hybridized carbons (Fsp3) is 0.636. The van der Waals surface area contributed by atoms with Crippen LogP contribution in [-0.4, -0.2) is 60.0 Å². The second kappa shape index (κ2) is 9.66. The number of aliphatic hydroxyl groups is 1. The molecular formula is C22H32F3N3O4. The lowest BCUT2D eigenvalue weighted by molar-refractivity contribution is -0.191. The molecular weight excluding hydrogens is 427 g/mol. The highest BCUT2D eigenvalue weighted by atomic mass is 19.4. The van der Waals surface area contributed by atoms with Gasteiger partial charge in [-0.2, -0.15) is 13.2 Å². The summed E-state index contributed by atoms with van der Waals surface area (Å²) >= 11 is 0. The lowest BCUT2D eigenvalue weighted by atomic mass is 9.56. The molecule has 0 spiro atoms. The quantitative estimate of drug-likeness (QED) is 0.582. The summed E-state index contributed by atoms with van der Waals surface area (Å²) in [6.45, 7) is 4.02. The molecule has 2 rings (SSSR count). The van der Waals surface area contributed by atoms with Crippen LogP contribution >= 0.6 is 0 Å². The van der Waals surface area contributed by atoms with Crippen LogP contribution in [0, 0.1) is 6.92 Å². The van der Waals surface area contributed by atoms with Crippen molar-refractivity contribution in [3.8, 4) is 5.75 Å². The van der Waals surface area contributed by atoms with E-state index in [9.17, 15) is 27.9 Å². The van der Waals surface area contributed by atoms with Gasteiger partial charge in [-0.3, -0.25) is 15.0 Å². The molecule has 0 radical (unpaired) electrons. The van der Waals surface area contributed by atoms with Crippen molar-refractivity contribution in [2.75, 3.05) is 20.2 Å². The van der Waals surface area contributed by atoms with Crippen LogP contribution < -0.4 is 15.8 Å². The third-order valence-corrected chi connectivity index (χ3v) is 6.59. The van der Waals surface area contributed by atoms with Crippen LogP contribution in [0.3, 0.4) is 0 Å². The van der Waals surface area contributed by atoms with Gasteiger partial charge < -0.3 is 15.6 Å². The zero-order valence-corrected chi connectivity index (χ0v) is 18.9. The average molecular weight is 460 g/mol. The molecule has 3 atom stereocenters. The van der Waals surface area contributed by atoms with Crippen molar-refractivity contribution in [2.24, 2.45) is 5.73 Å². The zero-order chi connectivity index (χ0) is 24.3. The number of nitrogens with one attached hydrogen (secondary N) is 1. The molecule has 1 heterocycles. The van der Waals surface area contributed by atoms with Crippen LogP contribution in [0.2, 0.25) is 0 Å². The highest BCUT2D eigenvalue weighted by molar-refractivity contribution is 5.94. The van der Waals surface area contributed by atoms with Crippen LogP contribution in [0.4, 0.5) is 18.0 Å². The number of primary amides is 1. The van der Waals surface area contributed by atoms with E-state index in [-0.39, 0.29) is 25.8 Å². The van der Waals surface area contributed by atoms with Gasteiger partial charge in [-0.15, -0.1) is 0 Å². The first-order chi connectivity index (χ1) is 14.8. The summed E-state index contributed by atoms with van der Waals surface area (Å²) in [5, 5.41) is 14.1. The van der Waals surface area contributed by atoms with Gasteiger partial charge in [-0.25, -0.2) is 4.79 Å². The molecule has 1 aromatic carbocycles. The third-order valence-electron chi connectivity index (χ3n) is 6.59. The van der Waals surface area contributed by atoms with Gasteiger partial charge in [0.2, 0.25) is 5.91 Å². The Morgan fingerprint density at radius 2 is 2.03 bits per heavy atom. The van der Waals surface area contributed by atoms with Gasteiger partial charge in [0, 0.05) is 17.9 Å². The Bertz CT molecular complexity index is 848. The molecule has 3 unspecified atom stereocenters. The van der Waals surface area contributed by atoms with Crippen LogP contribution in [-0.2, 0) is 10.2 Å². The van der Waals surface area contributed by atoms with Crippen molar-refractivity contribution in [3.63, 3.8) is 0 Å². The van der Waals surface area contributed by atoms with Gasteiger partial charge in [0.1, 0.15) is 5.75 Å². The number of hydrogen-bond donors (Lipinski definition) is 3. The number of methoxy groups -OCH3 is 1. The standard InChI is InChI=1S/C22H32F3N3O4/c1-5-8-21(31)15(3)28(13-22(23,24)25)10-9-20(21,12-18(29)27-19(26)30)17-11-16(32-4)7-6-14(17)2/h6-7,11,15,31H,5,8-10,12-13H2,1-4H3,(H3,26,27,29,30). The number of halogens is 3. The second-order valence-corrected chi connectivity index (χ2v) is 8.54. The first-order valence-corrected chi connectivity index (χ1v) is 10.6. The number of ether oxygens (including phenoxy) is 1. The van der Waals surface area contributed by atoms with Crippen molar-refractivity contribution in [2.45, 2.75) is 69.7 Å². The molecule has 180 valence electrons. The predicted molar refractivity (Wildman–Crippen MR) is 113 cm³/mol. The van der Waals surface area contributed by atoms with Crippen molar-refractivity contribution in [3.05, 3.63) is 29.3 Å². The van der Waals surface area contributed by atoms with Gasteiger partial charge in [-0.05, 0) is 56.5 Å². The number of carbonyl (C=O) groups excluding carboxylic acids is 2. The molecule has 0 saturated carbocycles. The first-order valence-electron chi connectivity index (χ1n) is 10.6. The highest BCUT2D eigenvalue weighted by Crippen LogP contribution is 2.52. The van der Waals surface area contributed by atoms with Gasteiger partial charge in [0.25, 0.3) is 0 Å². The second-order valence-electron chi connectivity index (χ2n) is 8.54. The molecule has 32 heavy (non-hydrogen) atoms. The molecule has 1 fully saturated rings. The Morgan fingerprint density at radius 1 is 1.38 bits per heavy atom. The van der Waals surface area contributed by atoms with Crippen LogP contribution in [0.1, 0.15) is 50.7 Å². The molecule has 0 aliphatic carbocycles. The van der Waals surface area contributed by atoms with Crippen molar-refractivity contribution in [1.29, 1.82) is 0 Å². The van der Waals surface area contributed by atoms with Gasteiger partial charge in [0.15, 0.2) is 0 Å². The monoisotopic (exact) mass is 459 g/mol. The van der Waals surface area contributed by atoms with E-state index in [0.29, 0.717) is 17.7 Å². The number of hydrogen-bond acceptors (Lipinski definition) is 5. The van der Waals surface area contributed by atoms with Crippen molar-refractivity contribution in [1.82, 2.24) is 10.2 Å². The lowest BCUT2D eigenvalue weighted by Gasteiger charge is -2.58. The minimum absolute atomic E-state index is 0.00714. The van der Waals surface area contributed by atoms with Crippen LogP contribution in [0.5, 0.6) is 5.75 Å². The third kappa shape index (κ3) is 5.17. The Balaban J connectivity index is 2.70. The Morgan fingerprint density at radius 3 is 2.56 bits per heavy atom. The van der Waals surface area contributed by atoms with Crippen LogP contribution in [0.25, 0.3) is 0 Å². The number of amides is 3. The molecule has 0 aromatic heterocycles. The van der Waals surface area contributed by atoms with Gasteiger partial charge in [-0.1, -0.05) is 19.4 Å². The largest absolute Gasteiger partial charge is 0.497 e. The molecule has 1 aliphatic rings. The summed E-state index contributed by atoms with van der Waals surface area (Å²) < 4.78 is 45.0. The molecule has 4 N–H and O–H groups in total. The number of nitrogens with zero attached hydrogens (tertiary/aromatic N) is 1. The Labute approximate surface area is 186 Å². The molecule has 10 heteroatoms. The Hall–Kier alpha value is -2.33. The number of benzene rings is 1. The van der Waals surface area contributed by atoms with E-state index in [1.54, 1.807) is 25.1 Å². The SMILES string of the molecule is CCCC1(O)C(C)N(CC(F)(F)F)CCC1(CC(=O)NC(N)=O)c1cc(OC)ccc1C. The predicted octanol–water partition coefficient (Wildman–Crippen LogP) is 3.01. The van der Waals surface area contributed by atoms with Gasteiger partial charge in [0.05, 0.1) is 19.3 Å². The number of imide groups is 1. The van der Waals surface area contributed by atoms with E-state index < -0.39 is 41.7 Å². The smallest absolute Gasteiger partial charge is 0.401 e. The number of piperidine rings is 1. The number of urea groups is 1. The molecule has 1 aliphatic heterocycles. The summed E-state index contributed by atoms with van der Waals surface area (Å²) in [6, 6.07) is 3.27. The summed E-state index contributed by atoms with van der Waals surface area (Å²) in [5.41, 5.74) is 3.51. The number of carbonyl (C=O) groups is 2. The number of nitrogens with two attached hydrogens (primary N) is 1. The lowest BCUT2D eigenvalue weighted by Crippen LogP contribution is -2.69. The van der Waals surface area contributed by atoms with Crippen molar-refractivity contribution < 1.29 is 32.6 Å². The fourth-order valence-electron chi connectivity index (χ4n) is 5.13. The van der Waals surface area contributed by atoms with E-state index in [0.717, 1.165) is 5.56 Å². The van der Waals surface area contributed by atoms with Crippen LogP contribution in [0.15, 0.2) is 18.2 Å². The minimum Gasteiger partial charge on any atom is -0.497 e. The zero-order valence-electron chi connectivity index (χ0n) is 18.9. The minimum atomic E-state index is -4.43. The highest BCUT2D eigenvalue weighted by Gasteiger charge is 2.60. The number of rotatable bonds is 7. The van der Waals surface area contributed by atoms with E-state index in [2.05, 4.69) is 0 Å². The topological polar surface area (TPSA) is 105 Å². The summed E-state index contributed by atoms with van der Waals surface area (Å²) in [4.78, 5) is 25.2. The van der Waals surface area contributed by atoms with E-state index in [1.165, 1.54) is 12.0 Å². The normalized spacial score (nSPS) is 26.6. The van der Waals surface area contributed by atoms with E-state index >= 15 is 0 Å². The number of alkyl halides is 3. The molecule has 3 amide bonds. The molecule has 1 aromatic rings. The summed E-state index contributed by atoms with van der Waals surface area (Å²) in [6.07, 6.45) is -4.04. The number of aryl methyl sites for hydroxylation is 1. The molecule has 1 saturated heterocycles. The first kappa shape index (κ1) is 25.9. The molecule has 0 bridgehead atoms. The maximum absolute atomic E-state index is 13.2. The number of likely N-dealkylation sites (tertiary alicyclic amines) is 1. The average Bonchev–Trinajstić information content (AvgIpc) is 2.67. The van der Waals surface area contributed by atoms with E-state index in [1.807, 2.05) is 19.2 Å². The van der Waals surface area contributed by atoms with E-state index in [4.69, 9.17) is 10.5 Å². The van der Waals surface area contributed by atoms with Gasteiger partial charge >= 0.3 is 12.2 Å². The maximum atomic E-state index is 13.2. The van der Waals surface area contributed by atoms with Crippen molar-refractivity contribution >= 4 is 11.9 Å².